The number of anilines is 1. The molecule has 2 aromatic heterocycles. The summed E-state index contributed by atoms with van der Waals surface area (Å²) in [5.74, 6) is 0.195. The first-order valence-corrected chi connectivity index (χ1v) is 12.0. The average molecular weight is 466 g/mol. The minimum atomic E-state index is -0.536. The highest BCUT2D eigenvalue weighted by Gasteiger charge is 2.30. The van der Waals surface area contributed by atoms with E-state index in [9.17, 15) is 9.59 Å². The Morgan fingerprint density at radius 1 is 1.18 bits per heavy atom. The number of benzene rings is 1. The molecule has 0 radical (unpaired) electrons. The van der Waals surface area contributed by atoms with E-state index in [2.05, 4.69) is 10.3 Å². The van der Waals surface area contributed by atoms with E-state index >= 15 is 0 Å². The van der Waals surface area contributed by atoms with E-state index in [0.29, 0.717) is 36.3 Å². The smallest absolute Gasteiger partial charge is 0.410 e. The molecule has 2 aliphatic rings. The summed E-state index contributed by atoms with van der Waals surface area (Å²) >= 11 is 1.40. The molecule has 172 valence electrons. The Morgan fingerprint density at radius 2 is 1.94 bits per heavy atom. The number of ether oxygens (including phenoxy) is 1. The number of fused-ring (bicyclic) bond motifs is 1. The molecule has 1 aromatic carbocycles. The van der Waals surface area contributed by atoms with Gasteiger partial charge in [0.1, 0.15) is 11.3 Å². The topological polar surface area (TPSA) is 89.3 Å². The van der Waals surface area contributed by atoms with Gasteiger partial charge in [-0.1, -0.05) is 29.5 Å². The zero-order valence-electron chi connectivity index (χ0n) is 19.0. The summed E-state index contributed by atoms with van der Waals surface area (Å²) in [5.41, 5.74) is 2.68. The van der Waals surface area contributed by atoms with Crippen molar-refractivity contribution in [2.45, 2.75) is 58.1 Å². The van der Waals surface area contributed by atoms with Crippen molar-refractivity contribution in [1.29, 1.82) is 0 Å². The standard InChI is InChI=1S/C24H27N5O3S/c1-24(2,3)32-23(31)28-12-11-17-20(14-28)33-22(25-17)26-21(30)19-13-18(15-9-10-15)27-29(19)16-7-5-4-6-8-16/h4-8,13,15H,9-12,14H2,1-3H3,(H,25,26,30). The van der Waals surface area contributed by atoms with E-state index in [-0.39, 0.29) is 12.0 Å². The number of nitrogens with zero attached hydrogens (tertiary/aromatic N) is 4. The summed E-state index contributed by atoms with van der Waals surface area (Å²) in [6.45, 7) is 6.55. The lowest BCUT2D eigenvalue weighted by molar-refractivity contribution is 0.0225. The van der Waals surface area contributed by atoms with Gasteiger partial charge in [-0.2, -0.15) is 5.10 Å². The van der Waals surface area contributed by atoms with E-state index in [0.717, 1.165) is 34.8 Å². The molecule has 1 N–H and O–H groups in total. The number of hydrogen-bond donors (Lipinski definition) is 1. The van der Waals surface area contributed by atoms with Crippen LogP contribution in [0.4, 0.5) is 9.93 Å². The number of aromatic nitrogens is 3. The number of hydrogen-bond acceptors (Lipinski definition) is 6. The summed E-state index contributed by atoms with van der Waals surface area (Å²) in [7, 11) is 0. The highest BCUT2D eigenvalue weighted by atomic mass is 32.1. The Hall–Kier alpha value is -3.20. The maximum atomic E-state index is 13.2. The molecular formula is C24H27N5O3S. The molecular weight excluding hydrogens is 438 g/mol. The molecule has 1 saturated carbocycles. The molecule has 3 aromatic rings. The molecule has 2 amide bonds. The van der Waals surface area contributed by atoms with Crippen LogP contribution >= 0.6 is 11.3 Å². The molecule has 1 aliphatic carbocycles. The summed E-state index contributed by atoms with van der Waals surface area (Å²) < 4.78 is 7.20. The lowest BCUT2D eigenvalue weighted by Gasteiger charge is -2.29. The van der Waals surface area contributed by atoms with Crippen LogP contribution in [0.5, 0.6) is 0 Å². The van der Waals surface area contributed by atoms with E-state index < -0.39 is 5.60 Å². The molecule has 9 heteroatoms. The van der Waals surface area contributed by atoms with Crippen LogP contribution in [0.25, 0.3) is 5.69 Å². The van der Waals surface area contributed by atoms with Crippen LogP contribution in [0.1, 0.15) is 66.3 Å². The molecule has 1 aliphatic heterocycles. The summed E-state index contributed by atoms with van der Waals surface area (Å²) in [4.78, 5) is 32.9. The molecule has 1 fully saturated rings. The third-order valence-corrected chi connectivity index (χ3v) is 6.56. The molecule has 0 atom stereocenters. The zero-order valence-corrected chi connectivity index (χ0v) is 19.8. The van der Waals surface area contributed by atoms with Gasteiger partial charge in [-0.25, -0.2) is 14.5 Å². The van der Waals surface area contributed by atoms with Crippen LogP contribution in [0.15, 0.2) is 36.4 Å². The maximum absolute atomic E-state index is 13.2. The lowest BCUT2D eigenvalue weighted by Crippen LogP contribution is -2.39. The molecule has 8 nitrogen and oxygen atoms in total. The van der Waals surface area contributed by atoms with Crippen molar-refractivity contribution in [3.63, 3.8) is 0 Å². The fourth-order valence-electron chi connectivity index (χ4n) is 3.80. The van der Waals surface area contributed by atoms with E-state index in [4.69, 9.17) is 9.84 Å². The van der Waals surface area contributed by atoms with Crippen LogP contribution in [0, 0.1) is 0 Å². The average Bonchev–Trinajstić information content (AvgIpc) is 3.39. The van der Waals surface area contributed by atoms with Crippen LogP contribution in [0.3, 0.4) is 0 Å². The van der Waals surface area contributed by atoms with Crippen molar-refractivity contribution >= 4 is 28.5 Å². The van der Waals surface area contributed by atoms with Crippen molar-refractivity contribution in [3.05, 3.63) is 58.4 Å². The summed E-state index contributed by atoms with van der Waals surface area (Å²) in [5, 5.41) is 8.20. The quantitative estimate of drug-likeness (QED) is 0.601. The highest BCUT2D eigenvalue weighted by molar-refractivity contribution is 7.15. The largest absolute Gasteiger partial charge is 0.444 e. The molecule has 5 rings (SSSR count). The van der Waals surface area contributed by atoms with Gasteiger partial charge in [0, 0.05) is 23.8 Å². The minimum absolute atomic E-state index is 0.242. The van der Waals surface area contributed by atoms with Crippen LogP contribution < -0.4 is 5.32 Å². The molecule has 3 heterocycles. The van der Waals surface area contributed by atoms with Crippen LogP contribution in [-0.4, -0.2) is 43.8 Å². The van der Waals surface area contributed by atoms with Crippen LogP contribution in [-0.2, 0) is 17.7 Å². The van der Waals surface area contributed by atoms with Crippen molar-refractivity contribution < 1.29 is 14.3 Å². The molecule has 33 heavy (non-hydrogen) atoms. The molecule has 0 spiro atoms. The van der Waals surface area contributed by atoms with Gasteiger partial charge >= 0.3 is 6.09 Å². The second kappa shape index (κ2) is 8.30. The number of thiazole rings is 1. The van der Waals surface area contributed by atoms with Crippen molar-refractivity contribution in [2.75, 3.05) is 11.9 Å². The monoisotopic (exact) mass is 465 g/mol. The Morgan fingerprint density at radius 3 is 2.64 bits per heavy atom. The number of carbonyl (C=O) groups is 2. The van der Waals surface area contributed by atoms with Crippen molar-refractivity contribution in [3.8, 4) is 5.69 Å². The van der Waals surface area contributed by atoms with E-state index in [1.165, 1.54) is 11.3 Å². The lowest BCUT2D eigenvalue weighted by atomic mass is 10.2. The predicted molar refractivity (Wildman–Crippen MR) is 126 cm³/mol. The maximum Gasteiger partial charge on any atom is 0.410 e. The Kier molecular flexibility index (Phi) is 5.44. The Bertz CT molecular complexity index is 1190. The molecule has 0 bridgehead atoms. The molecule has 0 unspecified atom stereocenters. The fourth-order valence-corrected chi connectivity index (χ4v) is 4.82. The number of carbonyl (C=O) groups excluding carboxylic acids is 2. The number of para-hydroxylation sites is 1. The molecule has 0 saturated heterocycles. The third-order valence-electron chi connectivity index (χ3n) is 5.56. The van der Waals surface area contributed by atoms with Gasteiger partial charge in [-0.3, -0.25) is 10.1 Å². The van der Waals surface area contributed by atoms with E-state index in [1.54, 1.807) is 9.58 Å². The Balaban J connectivity index is 1.33. The van der Waals surface area contributed by atoms with Gasteiger partial charge in [0.2, 0.25) is 0 Å². The number of amides is 2. The van der Waals surface area contributed by atoms with Gasteiger partial charge in [-0.15, -0.1) is 0 Å². The minimum Gasteiger partial charge on any atom is -0.444 e. The number of rotatable bonds is 4. The second-order valence-corrected chi connectivity index (χ2v) is 10.6. The fraction of sp³-hybridized carbons (Fsp3) is 0.417. The van der Waals surface area contributed by atoms with Gasteiger partial charge in [-0.05, 0) is 51.8 Å². The normalized spacial score (nSPS) is 15.8. The number of nitrogens with one attached hydrogen (secondary N) is 1. The first-order valence-electron chi connectivity index (χ1n) is 11.2. The first-order chi connectivity index (χ1) is 15.8. The van der Waals surface area contributed by atoms with Crippen molar-refractivity contribution in [1.82, 2.24) is 19.7 Å². The second-order valence-electron chi connectivity index (χ2n) is 9.47. The van der Waals surface area contributed by atoms with Gasteiger partial charge in [0.25, 0.3) is 5.91 Å². The van der Waals surface area contributed by atoms with Gasteiger partial charge < -0.3 is 9.64 Å². The van der Waals surface area contributed by atoms with Gasteiger partial charge in [0.05, 0.1) is 23.6 Å². The van der Waals surface area contributed by atoms with E-state index in [1.807, 2.05) is 57.2 Å². The summed E-state index contributed by atoms with van der Waals surface area (Å²) in [6, 6.07) is 11.6. The van der Waals surface area contributed by atoms with Crippen LogP contribution in [0.2, 0.25) is 0 Å². The first kappa shape index (κ1) is 21.6. The predicted octanol–water partition coefficient (Wildman–Crippen LogP) is 4.75. The van der Waals surface area contributed by atoms with Gasteiger partial charge in [0.15, 0.2) is 5.13 Å². The van der Waals surface area contributed by atoms with Crippen molar-refractivity contribution in [2.24, 2.45) is 0 Å². The summed E-state index contributed by atoms with van der Waals surface area (Å²) in [6.07, 6.45) is 2.53. The zero-order chi connectivity index (χ0) is 23.2. The third kappa shape index (κ3) is 4.78. The Labute approximate surface area is 196 Å². The highest BCUT2D eigenvalue weighted by Crippen LogP contribution is 2.40. The SMILES string of the molecule is CC(C)(C)OC(=O)N1CCc2nc(NC(=O)c3cc(C4CC4)nn3-c3ccccc3)sc2C1.